The monoisotopic (exact) mass is 201 g/mol. The van der Waals surface area contributed by atoms with Crippen LogP contribution in [0.3, 0.4) is 0 Å². The van der Waals surface area contributed by atoms with Crippen LogP contribution in [0, 0.1) is 0 Å². The SMILES string of the molecule is COC(=O)NNC(=O)[C@@H]1CCC(=O)N1. The Labute approximate surface area is 80.1 Å². The molecule has 0 saturated carbocycles. The zero-order chi connectivity index (χ0) is 10.6. The Hall–Kier alpha value is -1.79. The third-order valence-electron chi connectivity index (χ3n) is 1.78. The number of hydrazine groups is 1. The van der Waals surface area contributed by atoms with Gasteiger partial charge in [0.2, 0.25) is 5.91 Å². The second-order valence-electron chi connectivity index (χ2n) is 2.76. The van der Waals surface area contributed by atoms with Gasteiger partial charge in [0.15, 0.2) is 0 Å². The fourth-order valence-electron chi connectivity index (χ4n) is 1.06. The number of ether oxygens (including phenoxy) is 1. The Bertz CT molecular complexity index is 266. The maximum atomic E-state index is 11.2. The summed E-state index contributed by atoms with van der Waals surface area (Å²) in [6.07, 6.45) is 0.00628. The van der Waals surface area contributed by atoms with E-state index in [0.717, 1.165) is 0 Å². The van der Waals surface area contributed by atoms with E-state index in [1.165, 1.54) is 7.11 Å². The van der Waals surface area contributed by atoms with Crippen LogP contribution in [0.1, 0.15) is 12.8 Å². The van der Waals surface area contributed by atoms with E-state index in [2.05, 4.69) is 15.5 Å². The van der Waals surface area contributed by atoms with E-state index in [9.17, 15) is 14.4 Å². The average molecular weight is 201 g/mol. The maximum absolute atomic E-state index is 11.2. The molecule has 0 bridgehead atoms. The summed E-state index contributed by atoms with van der Waals surface area (Å²) in [6.45, 7) is 0. The first-order valence-corrected chi connectivity index (χ1v) is 4.06. The lowest BCUT2D eigenvalue weighted by Crippen LogP contribution is -2.49. The van der Waals surface area contributed by atoms with Crippen molar-refractivity contribution in [3.8, 4) is 0 Å². The van der Waals surface area contributed by atoms with E-state index in [-0.39, 0.29) is 5.91 Å². The molecular formula is C7H11N3O4. The van der Waals surface area contributed by atoms with Crippen LogP contribution in [-0.4, -0.2) is 31.1 Å². The van der Waals surface area contributed by atoms with E-state index in [0.29, 0.717) is 12.8 Å². The number of amides is 3. The summed E-state index contributed by atoms with van der Waals surface area (Å²) in [5, 5.41) is 2.45. The summed E-state index contributed by atoms with van der Waals surface area (Å²) in [7, 11) is 1.18. The normalized spacial score (nSPS) is 19.8. The molecule has 7 nitrogen and oxygen atoms in total. The number of rotatable bonds is 1. The number of carbonyl (C=O) groups excluding carboxylic acids is 3. The van der Waals surface area contributed by atoms with Gasteiger partial charge in [0.25, 0.3) is 5.91 Å². The Morgan fingerprint density at radius 3 is 2.71 bits per heavy atom. The van der Waals surface area contributed by atoms with Gasteiger partial charge in [0.1, 0.15) is 6.04 Å². The Morgan fingerprint density at radius 2 is 2.21 bits per heavy atom. The lowest BCUT2D eigenvalue weighted by atomic mass is 10.2. The van der Waals surface area contributed by atoms with Crippen LogP contribution in [0.5, 0.6) is 0 Å². The van der Waals surface area contributed by atoms with E-state index in [1.807, 2.05) is 5.43 Å². The van der Waals surface area contributed by atoms with Crippen molar-refractivity contribution in [1.29, 1.82) is 0 Å². The molecule has 1 aliphatic rings. The molecule has 1 saturated heterocycles. The number of hydrogen-bond acceptors (Lipinski definition) is 4. The van der Waals surface area contributed by atoms with Gasteiger partial charge in [-0.05, 0) is 6.42 Å². The summed E-state index contributed by atoms with van der Waals surface area (Å²) in [6, 6.07) is -0.570. The van der Waals surface area contributed by atoms with E-state index < -0.39 is 18.0 Å². The molecule has 1 aliphatic heterocycles. The molecule has 3 N–H and O–H groups in total. The largest absolute Gasteiger partial charge is 0.452 e. The van der Waals surface area contributed by atoms with Crippen molar-refractivity contribution >= 4 is 17.9 Å². The Kier molecular flexibility index (Phi) is 3.27. The second kappa shape index (κ2) is 4.45. The molecule has 0 aliphatic carbocycles. The van der Waals surface area contributed by atoms with Gasteiger partial charge < -0.3 is 10.1 Å². The lowest BCUT2D eigenvalue weighted by Gasteiger charge is -2.10. The number of methoxy groups -OCH3 is 1. The highest BCUT2D eigenvalue weighted by Gasteiger charge is 2.27. The molecule has 14 heavy (non-hydrogen) atoms. The Balaban J connectivity index is 2.28. The topological polar surface area (TPSA) is 96.5 Å². The molecule has 0 aromatic rings. The molecule has 1 rings (SSSR count). The van der Waals surface area contributed by atoms with Crippen molar-refractivity contribution in [2.75, 3.05) is 7.11 Å². The molecule has 0 aromatic carbocycles. The predicted octanol–water partition coefficient (Wildman–Crippen LogP) is -1.35. The van der Waals surface area contributed by atoms with Crippen molar-refractivity contribution in [2.45, 2.75) is 18.9 Å². The fourth-order valence-corrected chi connectivity index (χ4v) is 1.06. The average Bonchev–Trinajstić information content (AvgIpc) is 2.60. The zero-order valence-electron chi connectivity index (χ0n) is 7.62. The van der Waals surface area contributed by atoms with Gasteiger partial charge in [-0.3, -0.25) is 15.0 Å². The molecule has 0 aromatic heterocycles. The summed E-state index contributed by atoms with van der Waals surface area (Å²) in [5.74, 6) is -0.621. The standard InChI is InChI=1S/C7H11N3O4/c1-14-7(13)10-9-6(12)4-2-3-5(11)8-4/h4H,2-3H2,1H3,(H,8,11)(H,9,12)(H,10,13)/t4-/m0/s1. The first-order chi connectivity index (χ1) is 6.63. The third kappa shape index (κ3) is 2.61. The van der Waals surface area contributed by atoms with Crippen molar-refractivity contribution in [3.63, 3.8) is 0 Å². The lowest BCUT2D eigenvalue weighted by molar-refractivity contribution is -0.126. The van der Waals surface area contributed by atoms with Crippen LogP contribution in [0.25, 0.3) is 0 Å². The van der Waals surface area contributed by atoms with Crippen molar-refractivity contribution in [2.24, 2.45) is 0 Å². The minimum Gasteiger partial charge on any atom is -0.452 e. The van der Waals surface area contributed by atoms with Gasteiger partial charge in [-0.25, -0.2) is 10.2 Å². The van der Waals surface area contributed by atoms with Crippen LogP contribution in [0.15, 0.2) is 0 Å². The number of nitrogens with one attached hydrogen (secondary N) is 3. The van der Waals surface area contributed by atoms with Crippen LogP contribution in [0.2, 0.25) is 0 Å². The minimum absolute atomic E-state index is 0.164. The quantitative estimate of drug-likeness (QED) is 0.457. The van der Waals surface area contributed by atoms with Gasteiger partial charge in [0, 0.05) is 6.42 Å². The van der Waals surface area contributed by atoms with E-state index in [4.69, 9.17) is 0 Å². The summed E-state index contributed by atoms with van der Waals surface area (Å²) in [5.41, 5.74) is 4.13. The summed E-state index contributed by atoms with van der Waals surface area (Å²) in [4.78, 5) is 32.5. The smallest absolute Gasteiger partial charge is 0.425 e. The third-order valence-corrected chi connectivity index (χ3v) is 1.78. The molecule has 78 valence electrons. The molecule has 3 amide bonds. The van der Waals surface area contributed by atoms with Crippen molar-refractivity contribution in [1.82, 2.24) is 16.2 Å². The Morgan fingerprint density at radius 1 is 1.50 bits per heavy atom. The van der Waals surface area contributed by atoms with E-state index >= 15 is 0 Å². The second-order valence-corrected chi connectivity index (χ2v) is 2.76. The van der Waals surface area contributed by atoms with Gasteiger partial charge in [-0.15, -0.1) is 0 Å². The van der Waals surface area contributed by atoms with Gasteiger partial charge >= 0.3 is 6.09 Å². The molecule has 7 heteroatoms. The van der Waals surface area contributed by atoms with Crippen molar-refractivity contribution < 1.29 is 19.1 Å². The van der Waals surface area contributed by atoms with Crippen LogP contribution in [-0.2, 0) is 14.3 Å². The molecule has 1 atom stereocenters. The summed E-state index contributed by atoms with van der Waals surface area (Å²) < 4.78 is 4.23. The highest BCUT2D eigenvalue weighted by molar-refractivity contribution is 5.91. The maximum Gasteiger partial charge on any atom is 0.425 e. The van der Waals surface area contributed by atoms with Gasteiger partial charge in [-0.2, -0.15) is 0 Å². The number of carbonyl (C=O) groups is 3. The minimum atomic E-state index is -0.761. The molecule has 1 fully saturated rings. The first kappa shape index (κ1) is 10.3. The molecule has 0 spiro atoms. The highest BCUT2D eigenvalue weighted by atomic mass is 16.5. The fraction of sp³-hybridized carbons (Fsp3) is 0.571. The molecule has 1 heterocycles. The van der Waals surface area contributed by atoms with Gasteiger partial charge in [-0.1, -0.05) is 0 Å². The van der Waals surface area contributed by atoms with Crippen LogP contribution in [0.4, 0.5) is 4.79 Å². The molecule has 0 unspecified atom stereocenters. The van der Waals surface area contributed by atoms with Crippen molar-refractivity contribution in [3.05, 3.63) is 0 Å². The highest BCUT2D eigenvalue weighted by Crippen LogP contribution is 2.05. The van der Waals surface area contributed by atoms with E-state index in [1.54, 1.807) is 0 Å². The van der Waals surface area contributed by atoms with Gasteiger partial charge in [0.05, 0.1) is 7.11 Å². The van der Waals surface area contributed by atoms with Crippen LogP contribution >= 0.6 is 0 Å². The predicted molar refractivity (Wildman–Crippen MR) is 44.8 cm³/mol. The zero-order valence-corrected chi connectivity index (χ0v) is 7.62. The molecular weight excluding hydrogens is 190 g/mol. The summed E-state index contributed by atoms with van der Waals surface area (Å²) >= 11 is 0. The number of hydrogen-bond donors (Lipinski definition) is 3. The van der Waals surface area contributed by atoms with Crippen LogP contribution < -0.4 is 16.2 Å². The molecule has 0 radical (unpaired) electrons. The first-order valence-electron chi connectivity index (χ1n) is 4.06.